The Bertz CT molecular complexity index is 277. The lowest BCUT2D eigenvalue weighted by molar-refractivity contribution is 0.167. The van der Waals surface area contributed by atoms with Crippen LogP contribution in [0.3, 0.4) is 0 Å². The quantitative estimate of drug-likeness (QED) is 0.710. The summed E-state index contributed by atoms with van der Waals surface area (Å²) < 4.78 is 22.9. The molecule has 0 radical (unpaired) electrons. The van der Waals surface area contributed by atoms with E-state index in [-0.39, 0.29) is 11.3 Å². The van der Waals surface area contributed by atoms with E-state index >= 15 is 0 Å². The van der Waals surface area contributed by atoms with Crippen molar-refractivity contribution >= 4 is 9.84 Å². The van der Waals surface area contributed by atoms with Gasteiger partial charge in [-0.1, -0.05) is 6.92 Å². The summed E-state index contributed by atoms with van der Waals surface area (Å²) in [7, 11) is -2.93. The topological polar surface area (TPSA) is 49.4 Å². The van der Waals surface area contributed by atoms with E-state index in [1.54, 1.807) is 6.92 Å². The highest BCUT2D eigenvalue weighted by Crippen LogP contribution is 2.13. The van der Waals surface area contributed by atoms with Crippen LogP contribution in [0.4, 0.5) is 0 Å². The van der Waals surface area contributed by atoms with Gasteiger partial charge < -0.3 is 5.32 Å². The minimum atomic E-state index is -2.93. The Hall–Kier alpha value is -0.130. The van der Waals surface area contributed by atoms with Crippen molar-refractivity contribution in [3.8, 4) is 0 Å². The molecule has 1 heterocycles. The molecule has 84 valence electrons. The highest BCUT2D eigenvalue weighted by molar-refractivity contribution is 7.91. The Morgan fingerprint density at radius 3 is 2.71 bits per heavy atom. The van der Waals surface area contributed by atoms with Crippen LogP contribution >= 0.6 is 0 Å². The number of sulfone groups is 1. The molecule has 14 heavy (non-hydrogen) atoms. The summed E-state index contributed by atoms with van der Waals surface area (Å²) in [5, 5.41) is 2.96. The first-order chi connectivity index (χ1) is 6.46. The van der Waals surface area contributed by atoms with Gasteiger partial charge in [-0.05, 0) is 13.5 Å². The van der Waals surface area contributed by atoms with Gasteiger partial charge in [0.1, 0.15) is 0 Å². The van der Waals surface area contributed by atoms with Gasteiger partial charge >= 0.3 is 0 Å². The smallest absolute Gasteiger partial charge is 0.151 e. The molecule has 0 aromatic heterocycles. The van der Waals surface area contributed by atoms with E-state index in [0.29, 0.717) is 0 Å². The minimum absolute atomic E-state index is 0.128. The molecule has 2 unspecified atom stereocenters. The summed E-state index contributed by atoms with van der Waals surface area (Å²) >= 11 is 0. The van der Waals surface area contributed by atoms with Crippen LogP contribution in [0.15, 0.2) is 0 Å². The van der Waals surface area contributed by atoms with Crippen LogP contribution in [0.5, 0.6) is 0 Å². The Morgan fingerprint density at radius 1 is 1.57 bits per heavy atom. The van der Waals surface area contributed by atoms with E-state index in [2.05, 4.69) is 17.1 Å². The van der Waals surface area contributed by atoms with Crippen molar-refractivity contribution in [2.45, 2.75) is 25.1 Å². The van der Waals surface area contributed by atoms with E-state index in [9.17, 15) is 8.42 Å². The second-order valence-electron chi connectivity index (χ2n) is 3.93. The fourth-order valence-electron chi connectivity index (χ4n) is 1.91. The predicted molar refractivity (Wildman–Crippen MR) is 58.2 cm³/mol. The highest BCUT2D eigenvalue weighted by Gasteiger charge is 2.31. The summed E-state index contributed by atoms with van der Waals surface area (Å²) in [4.78, 5) is 2.24. The summed E-state index contributed by atoms with van der Waals surface area (Å²) in [5.74, 6) is 0. The lowest BCUT2D eigenvalue weighted by atomic mass is 10.1. The number of hydrogen-bond acceptors (Lipinski definition) is 4. The molecule has 1 saturated heterocycles. The molecule has 5 heteroatoms. The van der Waals surface area contributed by atoms with E-state index in [1.165, 1.54) is 6.26 Å². The molecule has 0 aromatic rings. The number of piperazine rings is 1. The summed E-state index contributed by atoms with van der Waals surface area (Å²) in [5.41, 5.74) is 0. The largest absolute Gasteiger partial charge is 0.314 e. The van der Waals surface area contributed by atoms with Gasteiger partial charge in [0.05, 0.1) is 5.25 Å². The van der Waals surface area contributed by atoms with Gasteiger partial charge in [0.15, 0.2) is 9.84 Å². The van der Waals surface area contributed by atoms with Crippen molar-refractivity contribution in [2.75, 3.05) is 32.4 Å². The zero-order valence-corrected chi connectivity index (χ0v) is 9.97. The average molecular weight is 220 g/mol. The second kappa shape index (κ2) is 4.59. The van der Waals surface area contributed by atoms with Gasteiger partial charge in [0.2, 0.25) is 0 Å². The molecule has 1 aliphatic rings. The van der Waals surface area contributed by atoms with Crippen molar-refractivity contribution in [1.29, 1.82) is 0 Å². The standard InChI is InChI=1S/C9H20N2O2S/c1-4-11-6-5-10-7-9(11)8(2)14(3,12)13/h8-10H,4-7H2,1-3H3. The summed E-state index contributed by atoms with van der Waals surface area (Å²) in [6.45, 7) is 7.49. The molecule has 0 amide bonds. The van der Waals surface area contributed by atoms with E-state index in [0.717, 1.165) is 26.2 Å². The van der Waals surface area contributed by atoms with Gasteiger partial charge in [0.25, 0.3) is 0 Å². The van der Waals surface area contributed by atoms with E-state index < -0.39 is 9.84 Å². The first-order valence-corrected chi connectivity index (χ1v) is 7.06. The highest BCUT2D eigenvalue weighted by atomic mass is 32.2. The van der Waals surface area contributed by atoms with E-state index in [4.69, 9.17) is 0 Å². The summed E-state index contributed by atoms with van der Waals surface area (Å²) in [6, 6.07) is 0.128. The molecule has 0 saturated carbocycles. The first-order valence-electron chi connectivity index (χ1n) is 5.10. The number of nitrogens with one attached hydrogen (secondary N) is 1. The molecule has 2 atom stereocenters. The molecule has 1 fully saturated rings. The van der Waals surface area contributed by atoms with Gasteiger partial charge in [0, 0.05) is 31.9 Å². The Balaban J connectivity index is 2.73. The third-order valence-corrected chi connectivity index (χ3v) is 4.69. The van der Waals surface area contributed by atoms with Gasteiger partial charge in [-0.15, -0.1) is 0 Å². The Labute approximate surface area is 86.6 Å². The van der Waals surface area contributed by atoms with Crippen molar-refractivity contribution < 1.29 is 8.42 Å². The van der Waals surface area contributed by atoms with Crippen molar-refractivity contribution in [1.82, 2.24) is 10.2 Å². The molecule has 1 aliphatic heterocycles. The van der Waals surface area contributed by atoms with Crippen molar-refractivity contribution in [3.05, 3.63) is 0 Å². The van der Waals surface area contributed by atoms with E-state index in [1.807, 2.05) is 0 Å². The number of likely N-dealkylation sites (N-methyl/N-ethyl adjacent to an activating group) is 1. The molecule has 1 rings (SSSR count). The molecule has 1 N–H and O–H groups in total. The summed E-state index contributed by atoms with van der Waals surface area (Å²) in [6.07, 6.45) is 1.32. The number of nitrogens with zero attached hydrogens (tertiary/aromatic N) is 1. The van der Waals surface area contributed by atoms with Crippen molar-refractivity contribution in [2.24, 2.45) is 0 Å². The zero-order chi connectivity index (χ0) is 10.8. The second-order valence-corrected chi connectivity index (χ2v) is 6.34. The van der Waals surface area contributed by atoms with Gasteiger partial charge in [-0.25, -0.2) is 8.42 Å². The van der Waals surface area contributed by atoms with Crippen LogP contribution in [0.1, 0.15) is 13.8 Å². The van der Waals surface area contributed by atoms with Crippen LogP contribution in [0, 0.1) is 0 Å². The third kappa shape index (κ3) is 2.68. The molecule has 0 aliphatic carbocycles. The minimum Gasteiger partial charge on any atom is -0.314 e. The maximum atomic E-state index is 11.4. The molecule has 4 nitrogen and oxygen atoms in total. The van der Waals surface area contributed by atoms with Gasteiger partial charge in [-0.2, -0.15) is 0 Å². The first kappa shape index (κ1) is 11.9. The molecule has 0 bridgehead atoms. The molecule has 0 aromatic carbocycles. The van der Waals surface area contributed by atoms with Crippen LogP contribution in [0.2, 0.25) is 0 Å². The Kier molecular flexibility index (Phi) is 3.92. The maximum absolute atomic E-state index is 11.4. The third-order valence-electron chi connectivity index (χ3n) is 3.02. The number of hydrogen-bond donors (Lipinski definition) is 1. The lowest BCUT2D eigenvalue weighted by Gasteiger charge is -2.38. The van der Waals surface area contributed by atoms with Crippen LogP contribution in [0.25, 0.3) is 0 Å². The van der Waals surface area contributed by atoms with Crippen LogP contribution in [-0.4, -0.2) is 57.0 Å². The van der Waals surface area contributed by atoms with Crippen LogP contribution in [-0.2, 0) is 9.84 Å². The Morgan fingerprint density at radius 2 is 2.21 bits per heavy atom. The SMILES string of the molecule is CCN1CCNCC1C(C)S(C)(=O)=O. The van der Waals surface area contributed by atoms with Gasteiger partial charge in [-0.3, -0.25) is 4.90 Å². The fourth-order valence-corrected chi connectivity index (χ4v) is 2.75. The normalized spacial score (nSPS) is 27.5. The van der Waals surface area contributed by atoms with Crippen molar-refractivity contribution in [3.63, 3.8) is 0 Å². The maximum Gasteiger partial charge on any atom is 0.151 e. The average Bonchev–Trinajstić information content (AvgIpc) is 2.15. The molecular formula is C9H20N2O2S. The number of rotatable bonds is 3. The molecular weight excluding hydrogens is 200 g/mol. The zero-order valence-electron chi connectivity index (χ0n) is 9.16. The van der Waals surface area contributed by atoms with Crippen LogP contribution < -0.4 is 5.32 Å². The predicted octanol–water partition coefficient (Wildman–Crippen LogP) is -0.287. The lowest BCUT2D eigenvalue weighted by Crippen LogP contribution is -2.56. The molecule has 0 spiro atoms. The fraction of sp³-hybridized carbons (Fsp3) is 1.00. The monoisotopic (exact) mass is 220 g/mol.